The van der Waals surface area contributed by atoms with Gasteiger partial charge in [0.1, 0.15) is 11.8 Å². The number of benzene rings is 4. The number of nitriles is 1. The van der Waals surface area contributed by atoms with Gasteiger partial charge in [-0.25, -0.2) is 0 Å². The van der Waals surface area contributed by atoms with Crippen molar-refractivity contribution in [2.75, 3.05) is 4.90 Å². The normalized spacial score (nSPS) is 10.8. The Morgan fingerprint density at radius 2 is 1.33 bits per heavy atom. The van der Waals surface area contributed by atoms with Crippen LogP contribution in [-0.4, -0.2) is 5.11 Å². The average Bonchev–Trinajstić information content (AvgIpc) is 3.41. The number of thiophene rings is 1. The van der Waals surface area contributed by atoms with Crippen molar-refractivity contribution >= 4 is 28.4 Å². The van der Waals surface area contributed by atoms with E-state index >= 15 is 0 Å². The van der Waals surface area contributed by atoms with E-state index < -0.39 is 0 Å². The number of aromatic hydroxyl groups is 1. The molecule has 3 nitrogen and oxygen atoms in total. The zero-order valence-corrected chi connectivity index (χ0v) is 23.0. The van der Waals surface area contributed by atoms with Crippen LogP contribution in [0.4, 0.5) is 17.1 Å². The lowest BCUT2D eigenvalue weighted by molar-refractivity contribution is 0.473. The second-order valence-corrected chi connectivity index (χ2v) is 10.7. The molecule has 0 aliphatic heterocycles. The van der Waals surface area contributed by atoms with Crippen LogP contribution >= 0.6 is 11.3 Å². The van der Waals surface area contributed by atoms with E-state index in [1.54, 1.807) is 23.5 Å². The Labute approximate surface area is 235 Å². The fourth-order valence-electron chi connectivity index (χ4n) is 4.89. The van der Waals surface area contributed by atoms with Gasteiger partial charge in [0.25, 0.3) is 0 Å². The molecule has 4 aromatic carbocycles. The third-order valence-electron chi connectivity index (χ3n) is 6.93. The van der Waals surface area contributed by atoms with E-state index in [1.165, 1.54) is 35.3 Å². The molecule has 0 atom stereocenters. The van der Waals surface area contributed by atoms with Crippen molar-refractivity contribution in [3.05, 3.63) is 120 Å². The number of phenolic OH excluding ortho intramolecular Hbond substituents is 1. The molecule has 0 fully saturated rings. The molecule has 0 aliphatic carbocycles. The zero-order chi connectivity index (χ0) is 27.0. The SMILES string of the molecule is CCCCCCc1cc(-c2ccc(O)c(C#N)c2)sc1-c1ccc(N(c2ccccc2)c2ccccc2)cc1. The summed E-state index contributed by atoms with van der Waals surface area (Å²) < 4.78 is 0. The highest BCUT2D eigenvalue weighted by Gasteiger charge is 2.16. The number of anilines is 3. The lowest BCUT2D eigenvalue weighted by atomic mass is 10.0. The fourth-order valence-corrected chi connectivity index (χ4v) is 6.10. The van der Waals surface area contributed by atoms with Crippen molar-refractivity contribution < 1.29 is 5.11 Å². The molecule has 0 amide bonds. The van der Waals surface area contributed by atoms with Crippen LogP contribution in [0.1, 0.15) is 43.7 Å². The smallest absolute Gasteiger partial charge is 0.133 e. The maximum Gasteiger partial charge on any atom is 0.133 e. The van der Waals surface area contributed by atoms with Crippen LogP contribution in [0.3, 0.4) is 0 Å². The van der Waals surface area contributed by atoms with Gasteiger partial charge >= 0.3 is 0 Å². The maximum absolute atomic E-state index is 10.00. The number of hydrogen-bond donors (Lipinski definition) is 1. The van der Waals surface area contributed by atoms with Gasteiger partial charge in [-0.1, -0.05) is 74.7 Å². The number of rotatable bonds is 10. The van der Waals surface area contributed by atoms with Crippen LogP contribution in [0, 0.1) is 11.3 Å². The Hall–Kier alpha value is -4.33. The summed E-state index contributed by atoms with van der Waals surface area (Å²) in [5.74, 6) is 0.0230. The van der Waals surface area contributed by atoms with Crippen LogP contribution in [-0.2, 0) is 6.42 Å². The Balaban J connectivity index is 1.51. The summed E-state index contributed by atoms with van der Waals surface area (Å²) in [6.07, 6.45) is 5.87. The molecular weight excluding hydrogens is 496 g/mol. The topological polar surface area (TPSA) is 47.3 Å². The largest absolute Gasteiger partial charge is 0.507 e. The molecule has 0 saturated carbocycles. The van der Waals surface area contributed by atoms with Gasteiger partial charge in [-0.15, -0.1) is 11.3 Å². The van der Waals surface area contributed by atoms with E-state index in [-0.39, 0.29) is 5.75 Å². The first-order valence-corrected chi connectivity index (χ1v) is 14.4. The molecule has 5 rings (SSSR count). The highest BCUT2D eigenvalue weighted by atomic mass is 32.1. The molecule has 1 aromatic heterocycles. The van der Waals surface area contributed by atoms with Crippen LogP contribution in [0.5, 0.6) is 5.75 Å². The number of hydrogen-bond acceptors (Lipinski definition) is 4. The zero-order valence-electron chi connectivity index (χ0n) is 22.2. The van der Waals surface area contributed by atoms with Gasteiger partial charge in [-0.3, -0.25) is 0 Å². The average molecular weight is 529 g/mol. The summed E-state index contributed by atoms with van der Waals surface area (Å²) in [5.41, 5.74) is 7.15. The van der Waals surface area contributed by atoms with Gasteiger partial charge in [0.05, 0.1) is 5.56 Å². The van der Waals surface area contributed by atoms with Gasteiger partial charge in [0.15, 0.2) is 0 Å². The summed E-state index contributed by atoms with van der Waals surface area (Å²) >= 11 is 1.76. The quantitative estimate of drug-likeness (QED) is 0.183. The minimum Gasteiger partial charge on any atom is -0.507 e. The second kappa shape index (κ2) is 12.5. The first kappa shape index (κ1) is 26.3. The van der Waals surface area contributed by atoms with E-state index in [4.69, 9.17) is 0 Å². The number of unbranched alkanes of at least 4 members (excludes halogenated alkanes) is 3. The van der Waals surface area contributed by atoms with Crippen molar-refractivity contribution in [2.24, 2.45) is 0 Å². The van der Waals surface area contributed by atoms with Crippen molar-refractivity contribution in [1.29, 1.82) is 5.26 Å². The van der Waals surface area contributed by atoms with Crippen molar-refractivity contribution in [3.63, 3.8) is 0 Å². The summed E-state index contributed by atoms with van der Waals surface area (Å²) in [7, 11) is 0. The van der Waals surface area contributed by atoms with Crippen LogP contribution in [0.25, 0.3) is 20.9 Å². The molecule has 194 valence electrons. The third kappa shape index (κ3) is 6.06. The van der Waals surface area contributed by atoms with E-state index in [9.17, 15) is 10.4 Å². The predicted octanol–water partition coefficient (Wildman–Crippen LogP) is 10.3. The minimum absolute atomic E-state index is 0.0230. The van der Waals surface area contributed by atoms with Gasteiger partial charge in [0.2, 0.25) is 0 Å². The fraction of sp³-hybridized carbons (Fsp3) is 0.171. The number of phenols is 1. The molecule has 4 heteroatoms. The molecule has 0 aliphatic rings. The van der Waals surface area contributed by atoms with E-state index in [0.717, 1.165) is 40.3 Å². The first-order valence-electron chi connectivity index (χ1n) is 13.5. The first-order chi connectivity index (χ1) is 19.2. The minimum atomic E-state index is 0.0230. The van der Waals surface area contributed by atoms with Crippen molar-refractivity contribution in [3.8, 4) is 32.7 Å². The molecule has 1 heterocycles. The molecule has 0 spiro atoms. The Kier molecular flexibility index (Phi) is 8.41. The van der Waals surface area contributed by atoms with E-state index in [0.29, 0.717) is 5.56 Å². The standard InChI is InChI=1S/C35H32N2OS/c1-2-3-4-7-12-28-24-34(27-19-22-33(38)29(23-27)25-36)39-35(28)26-17-20-32(21-18-26)37(30-13-8-5-9-14-30)31-15-10-6-11-16-31/h5-6,8-11,13-24,38H,2-4,7,12H2,1H3. The number of para-hydroxylation sites is 2. The van der Waals surface area contributed by atoms with Crippen molar-refractivity contribution in [2.45, 2.75) is 39.0 Å². The Bertz CT molecular complexity index is 1510. The van der Waals surface area contributed by atoms with Gasteiger partial charge in [0, 0.05) is 26.8 Å². The maximum atomic E-state index is 10.00. The molecule has 0 radical (unpaired) electrons. The summed E-state index contributed by atoms with van der Waals surface area (Å²) in [6, 6.07) is 39.4. The predicted molar refractivity (Wildman–Crippen MR) is 164 cm³/mol. The number of nitrogens with zero attached hydrogens (tertiary/aromatic N) is 2. The molecule has 5 aromatic rings. The van der Waals surface area contributed by atoms with Crippen LogP contribution < -0.4 is 4.90 Å². The molecular formula is C35H32N2OS. The number of aryl methyl sites for hydroxylation is 1. The second-order valence-electron chi connectivity index (χ2n) is 9.67. The molecule has 39 heavy (non-hydrogen) atoms. The van der Waals surface area contributed by atoms with Gasteiger partial charge in [-0.05, 0) is 90.2 Å². The summed E-state index contributed by atoms with van der Waals surface area (Å²) in [5, 5.41) is 19.4. The summed E-state index contributed by atoms with van der Waals surface area (Å²) in [6.45, 7) is 2.24. The van der Waals surface area contributed by atoms with Crippen LogP contribution in [0.15, 0.2) is 109 Å². The molecule has 0 saturated heterocycles. The van der Waals surface area contributed by atoms with Crippen molar-refractivity contribution in [1.82, 2.24) is 0 Å². The van der Waals surface area contributed by atoms with E-state index in [1.807, 2.05) is 18.2 Å². The lowest BCUT2D eigenvalue weighted by Crippen LogP contribution is -2.09. The Morgan fingerprint density at radius 1 is 0.718 bits per heavy atom. The van der Waals surface area contributed by atoms with E-state index in [2.05, 4.69) is 96.8 Å². The monoisotopic (exact) mass is 528 g/mol. The molecule has 0 unspecified atom stereocenters. The molecule has 1 N–H and O–H groups in total. The lowest BCUT2D eigenvalue weighted by Gasteiger charge is -2.25. The molecule has 0 bridgehead atoms. The highest BCUT2D eigenvalue weighted by Crippen LogP contribution is 2.41. The summed E-state index contributed by atoms with van der Waals surface area (Å²) in [4.78, 5) is 4.66. The highest BCUT2D eigenvalue weighted by molar-refractivity contribution is 7.19. The van der Waals surface area contributed by atoms with Gasteiger partial charge < -0.3 is 10.0 Å². The third-order valence-corrected chi connectivity index (χ3v) is 8.20. The van der Waals surface area contributed by atoms with Gasteiger partial charge in [-0.2, -0.15) is 5.26 Å². The Morgan fingerprint density at radius 3 is 1.95 bits per heavy atom. The van der Waals surface area contributed by atoms with Crippen LogP contribution in [0.2, 0.25) is 0 Å².